The van der Waals surface area contributed by atoms with Crippen molar-refractivity contribution in [2.24, 2.45) is 0 Å². The Morgan fingerprint density at radius 3 is 2.61 bits per heavy atom. The van der Waals surface area contributed by atoms with E-state index in [0.717, 1.165) is 5.69 Å². The van der Waals surface area contributed by atoms with E-state index in [0.29, 0.717) is 32.9 Å². The number of aromatic nitrogens is 4. The van der Waals surface area contributed by atoms with E-state index in [1.54, 1.807) is 35.7 Å². The van der Waals surface area contributed by atoms with E-state index in [1.165, 1.54) is 11.8 Å². The molecule has 3 rings (SSSR count). The number of halogens is 1. The molecule has 2 heterocycles. The minimum absolute atomic E-state index is 0.0106. The van der Waals surface area contributed by atoms with Crippen molar-refractivity contribution in [1.29, 1.82) is 0 Å². The molecule has 3 aromatic rings. The molecule has 0 atom stereocenters. The van der Waals surface area contributed by atoms with Gasteiger partial charge in [0, 0.05) is 27.7 Å². The highest BCUT2D eigenvalue weighted by atomic mass is 35.5. The van der Waals surface area contributed by atoms with Gasteiger partial charge in [-0.15, -0.1) is 5.10 Å². The molecule has 0 aliphatic heterocycles. The van der Waals surface area contributed by atoms with Gasteiger partial charge in [0.15, 0.2) is 6.61 Å². The Hall–Kier alpha value is -2.65. The summed E-state index contributed by atoms with van der Waals surface area (Å²) in [7, 11) is 0. The number of thioether (sulfide) groups is 1. The number of nitrogens with one attached hydrogen (secondary N) is 1. The van der Waals surface area contributed by atoms with Crippen molar-refractivity contribution < 1.29 is 14.3 Å². The fourth-order valence-electron chi connectivity index (χ4n) is 2.60. The van der Waals surface area contributed by atoms with Crippen LogP contribution < -0.4 is 5.32 Å². The first-order valence-corrected chi connectivity index (χ1v) is 9.95. The van der Waals surface area contributed by atoms with Crippen LogP contribution in [0.2, 0.25) is 5.02 Å². The van der Waals surface area contributed by atoms with Crippen LogP contribution in [0.5, 0.6) is 0 Å². The second-order valence-electron chi connectivity index (χ2n) is 5.96. The molecule has 0 unspecified atom stereocenters. The lowest BCUT2D eigenvalue weighted by Gasteiger charge is -2.10. The van der Waals surface area contributed by atoms with Crippen molar-refractivity contribution in [1.82, 2.24) is 19.6 Å². The molecule has 2 aromatic heterocycles. The lowest BCUT2D eigenvalue weighted by Crippen LogP contribution is -2.22. The predicted octanol–water partition coefficient (Wildman–Crippen LogP) is 2.84. The average molecular weight is 420 g/mol. The standard InChI is InChI=1S/C18H18ClN5O3S/c1-10-14(11(2)24-17(20-10)22-18(23-24)28-3)8-16(26)27-9-15(25)21-13-6-4-12(19)5-7-13/h4-7H,8-9H2,1-3H3,(H,21,25). The molecule has 10 heteroatoms. The molecule has 1 N–H and O–H groups in total. The summed E-state index contributed by atoms with van der Waals surface area (Å²) >= 11 is 7.22. The van der Waals surface area contributed by atoms with Gasteiger partial charge in [-0.2, -0.15) is 4.98 Å². The molecule has 146 valence electrons. The lowest BCUT2D eigenvalue weighted by atomic mass is 10.1. The van der Waals surface area contributed by atoms with Gasteiger partial charge in [0.25, 0.3) is 11.7 Å². The highest BCUT2D eigenvalue weighted by Gasteiger charge is 2.17. The number of benzene rings is 1. The number of amides is 1. The monoisotopic (exact) mass is 419 g/mol. The number of ether oxygens (including phenoxy) is 1. The van der Waals surface area contributed by atoms with Crippen LogP contribution in [0, 0.1) is 13.8 Å². The molecule has 0 saturated carbocycles. The maximum atomic E-state index is 12.2. The molecule has 0 spiro atoms. The molecule has 1 amide bonds. The molecule has 0 aliphatic carbocycles. The largest absolute Gasteiger partial charge is 0.455 e. The normalized spacial score (nSPS) is 10.9. The molecule has 8 nitrogen and oxygen atoms in total. The summed E-state index contributed by atoms with van der Waals surface area (Å²) in [6.45, 7) is 3.27. The third kappa shape index (κ3) is 4.60. The van der Waals surface area contributed by atoms with E-state index in [2.05, 4.69) is 20.4 Å². The Kier molecular flexibility index (Phi) is 6.15. The highest BCUT2D eigenvalue weighted by Crippen LogP contribution is 2.17. The SMILES string of the molecule is CSc1nc2nc(C)c(CC(=O)OCC(=O)Nc3ccc(Cl)cc3)c(C)n2n1. The average Bonchev–Trinajstić information content (AvgIpc) is 3.08. The molecule has 0 radical (unpaired) electrons. The van der Waals surface area contributed by atoms with E-state index in [4.69, 9.17) is 16.3 Å². The third-order valence-electron chi connectivity index (χ3n) is 4.03. The maximum absolute atomic E-state index is 12.2. The summed E-state index contributed by atoms with van der Waals surface area (Å²) in [5.74, 6) is -0.471. The third-order valence-corrected chi connectivity index (χ3v) is 4.82. The van der Waals surface area contributed by atoms with Crippen molar-refractivity contribution in [3.63, 3.8) is 0 Å². The quantitative estimate of drug-likeness (QED) is 0.484. The van der Waals surface area contributed by atoms with Crippen molar-refractivity contribution in [2.75, 3.05) is 18.2 Å². The first-order chi connectivity index (χ1) is 13.4. The number of hydrogen-bond donors (Lipinski definition) is 1. The smallest absolute Gasteiger partial charge is 0.310 e. The fourth-order valence-corrected chi connectivity index (χ4v) is 3.07. The first-order valence-electron chi connectivity index (χ1n) is 8.35. The van der Waals surface area contributed by atoms with E-state index < -0.39 is 11.9 Å². The van der Waals surface area contributed by atoms with E-state index in [-0.39, 0.29) is 13.0 Å². The summed E-state index contributed by atoms with van der Waals surface area (Å²) in [5.41, 5.74) is 2.71. The Bertz CT molecular complexity index is 1040. The van der Waals surface area contributed by atoms with Crippen molar-refractivity contribution in [3.8, 4) is 0 Å². The van der Waals surface area contributed by atoms with Crippen LogP contribution in [0.4, 0.5) is 5.69 Å². The van der Waals surface area contributed by atoms with Gasteiger partial charge >= 0.3 is 5.97 Å². The second-order valence-corrected chi connectivity index (χ2v) is 7.17. The van der Waals surface area contributed by atoms with Crippen molar-refractivity contribution in [3.05, 3.63) is 46.2 Å². The zero-order chi connectivity index (χ0) is 20.3. The topological polar surface area (TPSA) is 98.5 Å². The van der Waals surface area contributed by atoms with Crippen molar-refractivity contribution in [2.45, 2.75) is 25.4 Å². The minimum atomic E-state index is -0.524. The summed E-state index contributed by atoms with van der Waals surface area (Å²) in [5, 5.41) is 8.15. The number of esters is 1. The van der Waals surface area contributed by atoms with Gasteiger partial charge in [-0.05, 0) is 44.4 Å². The molecule has 0 fully saturated rings. The Morgan fingerprint density at radius 1 is 1.21 bits per heavy atom. The number of carbonyl (C=O) groups is 2. The highest BCUT2D eigenvalue weighted by molar-refractivity contribution is 7.98. The predicted molar refractivity (Wildman–Crippen MR) is 107 cm³/mol. The van der Waals surface area contributed by atoms with E-state index in [1.807, 2.05) is 13.2 Å². The molecule has 28 heavy (non-hydrogen) atoms. The van der Waals surface area contributed by atoms with Crippen molar-refractivity contribution >= 4 is 46.7 Å². The molecular formula is C18H18ClN5O3S. The van der Waals surface area contributed by atoms with Gasteiger partial charge in [0.1, 0.15) is 0 Å². The van der Waals surface area contributed by atoms with Crippen LogP contribution in [0.15, 0.2) is 29.4 Å². The number of nitrogens with zero attached hydrogens (tertiary/aromatic N) is 4. The van der Waals surface area contributed by atoms with Gasteiger partial charge in [-0.3, -0.25) is 9.59 Å². The molecule has 1 aromatic carbocycles. The van der Waals surface area contributed by atoms with Crippen LogP contribution in [0.3, 0.4) is 0 Å². The van der Waals surface area contributed by atoms with Crippen LogP contribution in [0.25, 0.3) is 5.78 Å². The van der Waals surface area contributed by atoms with Crippen LogP contribution >= 0.6 is 23.4 Å². The molecule has 0 bridgehead atoms. The van der Waals surface area contributed by atoms with Gasteiger partial charge in [0.2, 0.25) is 5.16 Å². The minimum Gasteiger partial charge on any atom is -0.455 e. The maximum Gasteiger partial charge on any atom is 0.310 e. The van der Waals surface area contributed by atoms with Crippen LogP contribution in [-0.2, 0) is 20.7 Å². The van der Waals surface area contributed by atoms with Crippen LogP contribution in [-0.4, -0.2) is 44.3 Å². The van der Waals surface area contributed by atoms with Crippen LogP contribution in [0.1, 0.15) is 17.0 Å². The number of hydrogen-bond acceptors (Lipinski definition) is 7. The number of anilines is 1. The Balaban J connectivity index is 1.62. The summed E-state index contributed by atoms with van der Waals surface area (Å²) in [6.07, 6.45) is 1.87. The Labute approximate surface area is 170 Å². The first kappa shape index (κ1) is 20.1. The molecule has 0 saturated heterocycles. The lowest BCUT2D eigenvalue weighted by molar-refractivity contribution is -0.146. The summed E-state index contributed by atoms with van der Waals surface area (Å²) in [6, 6.07) is 6.64. The van der Waals surface area contributed by atoms with Gasteiger partial charge < -0.3 is 10.1 Å². The summed E-state index contributed by atoms with van der Waals surface area (Å²) in [4.78, 5) is 32.9. The zero-order valence-corrected chi connectivity index (χ0v) is 17.1. The van der Waals surface area contributed by atoms with Gasteiger partial charge in [-0.25, -0.2) is 9.50 Å². The number of carbonyl (C=O) groups excluding carboxylic acids is 2. The molecular weight excluding hydrogens is 402 g/mol. The van der Waals surface area contributed by atoms with E-state index >= 15 is 0 Å². The number of rotatable bonds is 6. The zero-order valence-electron chi connectivity index (χ0n) is 15.5. The number of fused-ring (bicyclic) bond motifs is 1. The second kappa shape index (κ2) is 8.57. The fraction of sp³-hybridized carbons (Fsp3) is 0.278. The van der Waals surface area contributed by atoms with Gasteiger partial charge in [0.05, 0.1) is 6.42 Å². The van der Waals surface area contributed by atoms with Gasteiger partial charge in [-0.1, -0.05) is 23.4 Å². The molecule has 0 aliphatic rings. The van der Waals surface area contributed by atoms with E-state index in [9.17, 15) is 9.59 Å². The Morgan fingerprint density at radius 2 is 1.93 bits per heavy atom. The summed E-state index contributed by atoms with van der Waals surface area (Å²) < 4.78 is 6.70. The number of aryl methyl sites for hydroxylation is 2.